The van der Waals surface area contributed by atoms with Gasteiger partial charge in [0.2, 0.25) is 0 Å². The molecule has 0 aromatic heterocycles. The number of rotatable bonds is 1. The Morgan fingerprint density at radius 1 is 1.20 bits per heavy atom. The smallest absolute Gasteiger partial charge is 0.155 e. The summed E-state index contributed by atoms with van der Waals surface area (Å²) < 4.78 is 0. The van der Waals surface area contributed by atoms with Gasteiger partial charge in [0, 0.05) is 13.0 Å². The topological polar surface area (TPSA) is 20.3 Å². The minimum Gasteiger partial charge on any atom is -0.297 e. The number of hydrogen-bond acceptors (Lipinski definition) is 2. The van der Waals surface area contributed by atoms with Crippen LogP contribution in [0.5, 0.6) is 0 Å². The van der Waals surface area contributed by atoms with Crippen molar-refractivity contribution in [3.8, 4) is 0 Å². The van der Waals surface area contributed by atoms with Crippen LogP contribution in [0.1, 0.15) is 29.2 Å². The lowest BCUT2D eigenvalue weighted by Gasteiger charge is -2.19. The number of benzene rings is 1. The first-order valence-electron chi connectivity index (χ1n) is 5.39. The fraction of sp³-hybridized carbons (Fsp3) is 0.462. The Kier molecular flexibility index (Phi) is 2.61. The summed E-state index contributed by atoms with van der Waals surface area (Å²) in [5.74, 6) is 0.350. The Morgan fingerprint density at radius 3 is 2.27 bits per heavy atom. The number of likely N-dealkylation sites (N-methyl/N-ethyl adjacent to an activating group) is 1. The number of ketones is 1. The highest BCUT2D eigenvalue weighted by Gasteiger charge is 2.30. The third kappa shape index (κ3) is 1.95. The molecule has 0 spiro atoms. The molecule has 1 atom stereocenters. The molecule has 0 radical (unpaired) electrons. The quantitative estimate of drug-likeness (QED) is 0.697. The third-order valence-corrected chi connectivity index (χ3v) is 3.02. The van der Waals surface area contributed by atoms with Gasteiger partial charge >= 0.3 is 0 Å². The average Bonchev–Trinajstić information content (AvgIpc) is 2.44. The lowest BCUT2D eigenvalue weighted by Crippen LogP contribution is -2.21. The molecule has 2 heteroatoms. The van der Waals surface area contributed by atoms with E-state index in [4.69, 9.17) is 0 Å². The van der Waals surface area contributed by atoms with Crippen molar-refractivity contribution in [2.75, 3.05) is 13.6 Å². The molecule has 2 nitrogen and oxygen atoms in total. The van der Waals surface area contributed by atoms with E-state index in [2.05, 4.69) is 36.9 Å². The Hall–Kier alpha value is -1.15. The number of aryl methyl sites for hydroxylation is 2. The fourth-order valence-corrected chi connectivity index (χ4v) is 2.41. The van der Waals surface area contributed by atoms with Gasteiger partial charge in [-0.15, -0.1) is 0 Å². The van der Waals surface area contributed by atoms with Gasteiger partial charge in [-0.2, -0.15) is 0 Å². The molecule has 0 bridgehead atoms. The molecule has 1 aliphatic heterocycles. The van der Waals surface area contributed by atoms with Crippen molar-refractivity contribution in [3.05, 3.63) is 34.9 Å². The molecule has 1 fully saturated rings. The molecular formula is C13H17NO. The van der Waals surface area contributed by atoms with Crippen LogP contribution in [0.15, 0.2) is 18.2 Å². The summed E-state index contributed by atoms with van der Waals surface area (Å²) >= 11 is 0. The van der Waals surface area contributed by atoms with Crippen LogP contribution in [0.4, 0.5) is 0 Å². The van der Waals surface area contributed by atoms with E-state index < -0.39 is 0 Å². The number of carbonyl (C=O) groups excluding carboxylic acids is 1. The molecule has 80 valence electrons. The lowest BCUT2D eigenvalue weighted by molar-refractivity contribution is -0.119. The van der Waals surface area contributed by atoms with E-state index in [1.807, 2.05) is 7.05 Å². The zero-order valence-electron chi connectivity index (χ0n) is 9.58. The molecule has 1 aliphatic rings. The van der Waals surface area contributed by atoms with Crippen molar-refractivity contribution < 1.29 is 4.79 Å². The first kappa shape index (κ1) is 10.4. The van der Waals surface area contributed by atoms with Gasteiger partial charge in [-0.05, 0) is 26.5 Å². The molecular weight excluding hydrogens is 186 g/mol. The predicted octanol–water partition coefficient (Wildman–Crippen LogP) is 2.25. The molecule has 1 aromatic rings. The number of likely N-dealkylation sites (tertiary alicyclic amines) is 1. The zero-order valence-corrected chi connectivity index (χ0v) is 9.58. The van der Waals surface area contributed by atoms with Crippen molar-refractivity contribution in [3.63, 3.8) is 0 Å². The van der Waals surface area contributed by atoms with Crippen LogP contribution in [0.3, 0.4) is 0 Å². The Bertz CT molecular complexity index is 377. The van der Waals surface area contributed by atoms with Gasteiger partial charge in [0.15, 0.2) is 5.78 Å². The average molecular weight is 203 g/mol. The van der Waals surface area contributed by atoms with Gasteiger partial charge in [0.1, 0.15) is 0 Å². The number of Topliss-reactive ketones (excluding diaryl/α,β-unsaturated/α-hetero) is 1. The van der Waals surface area contributed by atoms with E-state index in [0.717, 1.165) is 12.1 Å². The van der Waals surface area contributed by atoms with Gasteiger partial charge < -0.3 is 0 Å². The largest absolute Gasteiger partial charge is 0.297 e. The second-order valence-electron chi connectivity index (χ2n) is 4.52. The summed E-state index contributed by atoms with van der Waals surface area (Å²) in [5, 5.41) is 0. The number of carbonyl (C=O) groups is 1. The van der Waals surface area contributed by atoms with Crippen LogP contribution in [-0.2, 0) is 4.79 Å². The highest BCUT2D eigenvalue weighted by Crippen LogP contribution is 2.28. The summed E-state index contributed by atoms with van der Waals surface area (Å²) in [5.41, 5.74) is 3.62. The molecule has 0 amide bonds. The maximum atomic E-state index is 11.8. The van der Waals surface area contributed by atoms with Gasteiger partial charge in [0.25, 0.3) is 0 Å². The van der Waals surface area contributed by atoms with E-state index in [-0.39, 0.29) is 6.04 Å². The number of nitrogens with zero attached hydrogens (tertiary/aromatic N) is 1. The van der Waals surface area contributed by atoms with Gasteiger partial charge in [-0.3, -0.25) is 9.69 Å². The van der Waals surface area contributed by atoms with Crippen LogP contribution < -0.4 is 0 Å². The Morgan fingerprint density at radius 2 is 1.80 bits per heavy atom. The highest BCUT2D eigenvalue weighted by atomic mass is 16.1. The van der Waals surface area contributed by atoms with Gasteiger partial charge in [-0.25, -0.2) is 0 Å². The van der Waals surface area contributed by atoms with Crippen molar-refractivity contribution in [1.29, 1.82) is 0 Å². The maximum Gasteiger partial charge on any atom is 0.155 e. The van der Waals surface area contributed by atoms with Crippen LogP contribution in [0, 0.1) is 13.8 Å². The monoisotopic (exact) mass is 203 g/mol. The Balaban J connectivity index is 2.40. The minimum atomic E-state index is -0.0106. The zero-order chi connectivity index (χ0) is 11.0. The molecule has 2 rings (SSSR count). The third-order valence-electron chi connectivity index (χ3n) is 3.02. The fourth-order valence-electron chi connectivity index (χ4n) is 2.41. The summed E-state index contributed by atoms with van der Waals surface area (Å²) in [6, 6.07) is 6.38. The molecule has 1 saturated heterocycles. The minimum absolute atomic E-state index is 0.0106. The van der Waals surface area contributed by atoms with Gasteiger partial charge in [0.05, 0.1) is 6.04 Å². The normalized spacial score (nSPS) is 22.3. The van der Waals surface area contributed by atoms with Crippen molar-refractivity contribution in [1.82, 2.24) is 4.90 Å². The Labute approximate surface area is 90.9 Å². The standard InChI is InChI=1S/C13H17NO/c1-9-6-10(2)8-11(7-9)13-12(15)4-5-14(13)3/h6-8,13H,4-5H2,1-3H3. The first-order valence-corrected chi connectivity index (χ1v) is 5.39. The maximum absolute atomic E-state index is 11.8. The summed E-state index contributed by atoms with van der Waals surface area (Å²) in [6.45, 7) is 5.04. The number of hydrogen-bond donors (Lipinski definition) is 0. The molecule has 0 aliphatic carbocycles. The van der Waals surface area contributed by atoms with Crippen LogP contribution in [-0.4, -0.2) is 24.3 Å². The first-order chi connectivity index (χ1) is 7.08. The van der Waals surface area contributed by atoms with E-state index in [0.29, 0.717) is 12.2 Å². The molecule has 1 unspecified atom stereocenters. The summed E-state index contributed by atoms with van der Waals surface area (Å²) in [6.07, 6.45) is 0.689. The van der Waals surface area contributed by atoms with E-state index >= 15 is 0 Å². The predicted molar refractivity (Wildman–Crippen MR) is 60.9 cm³/mol. The van der Waals surface area contributed by atoms with Crippen LogP contribution >= 0.6 is 0 Å². The molecule has 15 heavy (non-hydrogen) atoms. The van der Waals surface area contributed by atoms with E-state index in [1.54, 1.807) is 0 Å². The second-order valence-corrected chi connectivity index (χ2v) is 4.52. The van der Waals surface area contributed by atoms with Crippen LogP contribution in [0.25, 0.3) is 0 Å². The molecule has 1 aromatic carbocycles. The van der Waals surface area contributed by atoms with Crippen molar-refractivity contribution >= 4 is 5.78 Å². The SMILES string of the molecule is Cc1cc(C)cc(C2C(=O)CCN2C)c1. The summed E-state index contributed by atoms with van der Waals surface area (Å²) in [4.78, 5) is 13.9. The van der Waals surface area contributed by atoms with Crippen LogP contribution in [0.2, 0.25) is 0 Å². The highest BCUT2D eigenvalue weighted by molar-refractivity contribution is 5.87. The van der Waals surface area contributed by atoms with E-state index in [1.165, 1.54) is 11.1 Å². The van der Waals surface area contributed by atoms with Gasteiger partial charge in [-0.1, -0.05) is 29.3 Å². The second kappa shape index (κ2) is 3.78. The van der Waals surface area contributed by atoms with Crippen molar-refractivity contribution in [2.24, 2.45) is 0 Å². The van der Waals surface area contributed by atoms with E-state index in [9.17, 15) is 4.79 Å². The molecule has 0 N–H and O–H groups in total. The summed E-state index contributed by atoms with van der Waals surface area (Å²) in [7, 11) is 2.02. The lowest BCUT2D eigenvalue weighted by atomic mass is 9.99. The van der Waals surface area contributed by atoms with Crippen molar-refractivity contribution in [2.45, 2.75) is 26.3 Å². The molecule has 1 heterocycles. The molecule has 0 saturated carbocycles.